The minimum absolute atomic E-state index is 0.122. The number of nitro benzene ring substituents is 1. The van der Waals surface area contributed by atoms with Gasteiger partial charge < -0.3 is 4.74 Å². The van der Waals surface area contributed by atoms with Crippen LogP contribution in [0.1, 0.15) is 29.3 Å². The average molecular weight is 357 g/mol. The Bertz CT molecular complexity index is 787. The number of nitro groups is 1. The van der Waals surface area contributed by atoms with Gasteiger partial charge in [0.25, 0.3) is 17.5 Å². The molecule has 2 amide bonds. The molecule has 0 fully saturated rings. The van der Waals surface area contributed by atoms with Gasteiger partial charge in [0.05, 0.1) is 4.92 Å². The van der Waals surface area contributed by atoms with Crippen LogP contribution in [0.25, 0.3) is 0 Å². The monoisotopic (exact) mass is 357 g/mol. The molecule has 1 unspecified atom stereocenters. The molecule has 26 heavy (non-hydrogen) atoms. The Morgan fingerprint density at radius 1 is 1.08 bits per heavy atom. The highest BCUT2D eigenvalue weighted by Crippen LogP contribution is 2.15. The molecule has 0 aliphatic heterocycles. The third-order valence-electron chi connectivity index (χ3n) is 3.60. The Labute approximate surface area is 150 Å². The van der Waals surface area contributed by atoms with E-state index in [1.807, 2.05) is 19.1 Å². The number of rotatable bonds is 6. The maximum absolute atomic E-state index is 12.2. The van der Waals surface area contributed by atoms with Gasteiger partial charge in [-0.15, -0.1) is 0 Å². The minimum Gasteiger partial charge on any atom is -0.481 e. The van der Waals surface area contributed by atoms with E-state index in [0.29, 0.717) is 12.2 Å². The summed E-state index contributed by atoms with van der Waals surface area (Å²) in [5.74, 6) is -0.527. The van der Waals surface area contributed by atoms with Gasteiger partial charge in [-0.1, -0.05) is 24.6 Å². The molecule has 2 aromatic carbocycles. The molecule has 0 heterocycles. The van der Waals surface area contributed by atoms with Crippen LogP contribution in [0.5, 0.6) is 5.75 Å². The van der Waals surface area contributed by atoms with Gasteiger partial charge in [0.1, 0.15) is 5.75 Å². The zero-order valence-corrected chi connectivity index (χ0v) is 14.4. The molecule has 0 radical (unpaired) electrons. The smallest absolute Gasteiger partial charge is 0.279 e. The number of carbonyl (C=O) groups is 2. The summed E-state index contributed by atoms with van der Waals surface area (Å²) in [6.07, 6.45) is -0.359. The Balaban J connectivity index is 1.91. The van der Waals surface area contributed by atoms with E-state index < -0.39 is 22.8 Å². The fourth-order valence-electron chi connectivity index (χ4n) is 2.11. The molecule has 0 bridgehead atoms. The largest absolute Gasteiger partial charge is 0.481 e. The van der Waals surface area contributed by atoms with Gasteiger partial charge in [-0.05, 0) is 37.6 Å². The van der Waals surface area contributed by atoms with E-state index in [-0.39, 0.29) is 11.3 Å². The van der Waals surface area contributed by atoms with Crippen LogP contribution < -0.4 is 15.6 Å². The van der Waals surface area contributed by atoms with E-state index >= 15 is 0 Å². The van der Waals surface area contributed by atoms with Crippen LogP contribution in [-0.2, 0) is 4.79 Å². The average Bonchev–Trinajstić information content (AvgIpc) is 2.65. The number of nitrogens with zero attached hydrogens (tertiary/aromatic N) is 1. The molecule has 1 atom stereocenters. The number of ether oxygens (including phenoxy) is 1. The fourth-order valence-corrected chi connectivity index (χ4v) is 2.11. The summed E-state index contributed by atoms with van der Waals surface area (Å²) in [7, 11) is 0. The van der Waals surface area contributed by atoms with Crippen molar-refractivity contribution in [1.29, 1.82) is 0 Å². The lowest BCUT2D eigenvalue weighted by molar-refractivity contribution is -0.384. The predicted octanol–water partition coefficient (Wildman–Crippen LogP) is 2.52. The van der Waals surface area contributed by atoms with E-state index in [9.17, 15) is 19.7 Å². The molecule has 0 aliphatic carbocycles. The van der Waals surface area contributed by atoms with Gasteiger partial charge in [0, 0.05) is 17.7 Å². The molecule has 136 valence electrons. The summed E-state index contributed by atoms with van der Waals surface area (Å²) in [6, 6.07) is 12.3. The number of hydrogen-bond donors (Lipinski definition) is 2. The number of non-ortho nitro benzene ring substituents is 1. The number of carbonyl (C=O) groups excluding carboxylic acids is 2. The van der Waals surface area contributed by atoms with Crippen molar-refractivity contribution in [3.63, 3.8) is 0 Å². The Morgan fingerprint density at radius 3 is 2.23 bits per heavy atom. The van der Waals surface area contributed by atoms with Gasteiger partial charge in [-0.2, -0.15) is 0 Å². The quantitative estimate of drug-likeness (QED) is 0.610. The molecule has 0 aromatic heterocycles. The molecule has 0 aliphatic rings. The lowest BCUT2D eigenvalue weighted by atomic mass is 10.2. The van der Waals surface area contributed by atoms with E-state index in [0.717, 1.165) is 5.56 Å². The van der Waals surface area contributed by atoms with Gasteiger partial charge in [-0.3, -0.25) is 30.6 Å². The summed E-state index contributed by atoms with van der Waals surface area (Å²) >= 11 is 0. The second-order valence-electron chi connectivity index (χ2n) is 5.58. The van der Waals surface area contributed by atoms with Gasteiger partial charge in [-0.25, -0.2) is 0 Å². The summed E-state index contributed by atoms with van der Waals surface area (Å²) in [5, 5.41) is 10.6. The maximum Gasteiger partial charge on any atom is 0.279 e. The minimum atomic E-state index is -0.769. The van der Waals surface area contributed by atoms with Crippen molar-refractivity contribution in [2.75, 3.05) is 0 Å². The Morgan fingerprint density at radius 2 is 1.69 bits per heavy atom. The first-order chi connectivity index (χ1) is 12.4. The van der Waals surface area contributed by atoms with Crippen LogP contribution >= 0.6 is 0 Å². The van der Waals surface area contributed by atoms with E-state index in [1.165, 1.54) is 24.3 Å². The second kappa shape index (κ2) is 8.61. The van der Waals surface area contributed by atoms with Crippen LogP contribution in [0.15, 0.2) is 48.5 Å². The van der Waals surface area contributed by atoms with Crippen molar-refractivity contribution in [3.8, 4) is 5.75 Å². The lowest BCUT2D eigenvalue weighted by Gasteiger charge is -2.17. The van der Waals surface area contributed by atoms with Crippen LogP contribution in [-0.4, -0.2) is 22.8 Å². The molecular weight excluding hydrogens is 338 g/mol. The Hall–Kier alpha value is -3.42. The molecule has 0 saturated heterocycles. The molecule has 2 aromatic rings. The zero-order chi connectivity index (χ0) is 19.1. The van der Waals surface area contributed by atoms with Crippen molar-refractivity contribution in [2.24, 2.45) is 0 Å². The van der Waals surface area contributed by atoms with Crippen molar-refractivity contribution in [3.05, 3.63) is 69.8 Å². The molecule has 0 spiro atoms. The second-order valence-corrected chi connectivity index (χ2v) is 5.58. The Kier molecular flexibility index (Phi) is 6.26. The van der Waals surface area contributed by atoms with Crippen LogP contribution in [0.3, 0.4) is 0 Å². The third-order valence-corrected chi connectivity index (χ3v) is 3.60. The summed E-state index contributed by atoms with van der Waals surface area (Å²) in [6.45, 7) is 3.73. The van der Waals surface area contributed by atoms with Crippen LogP contribution in [0.2, 0.25) is 0 Å². The predicted molar refractivity (Wildman–Crippen MR) is 94.6 cm³/mol. The SMILES string of the molecule is CCC(Oc1ccc(C)cc1)C(=O)NNC(=O)c1ccc([N+](=O)[O-])cc1. The number of hydrazine groups is 1. The highest BCUT2D eigenvalue weighted by atomic mass is 16.6. The fraction of sp³-hybridized carbons (Fsp3) is 0.222. The summed E-state index contributed by atoms with van der Waals surface area (Å²) < 4.78 is 5.62. The first-order valence-corrected chi connectivity index (χ1v) is 7.98. The number of hydrogen-bond acceptors (Lipinski definition) is 5. The van der Waals surface area contributed by atoms with Crippen molar-refractivity contribution in [1.82, 2.24) is 10.9 Å². The number of amides is 2. The highest BCUT2D eigenvalue weighted by Gasteiger charge is 2.19. The van der Waals surface area contributed by atoms with E-state index in [4.69, 9.17) is 4.74 Å². The molecule has 2 N–H and O–H groups in total. The lowest BCUT2D eigenvalue weighted by Crippen LogP contribution is -2.47. The third kappa shape index (κ3) is 5.04. The normalized spacial score (nSPS) is 11.3. The van der Waals surface area contributed by atoms with Crippen molar-refractivity contribution < 1.29 is 19.2 Å². The van der Waals surface area contributed by atoms with E-state index in [2.05, 4.69) is 10.9 Å². The van der Waals surface area contributed by atoms with Gasteiger partial charge >= 0.3 is 0 Å². The highest BCUT2D eigenvalue weighted by molar-refractivity contribution is 5.95. The van der Waals surface area contributed by atoms with Crippen molar-refractivity contribution >= 4 is 17.5 Å². The van der Waals surface area contributed by atoms with Gasteiger partial charge in [0.15, 0.2) is 6.10 Å². The molecular formula is C18H19N3O5. The zero-order valence-electron chi connectivity index (χ0n) is 14.4. The topological polar surface area (TPSA) is 111 Å². The summed E-state index contributed by atoms with van der Waals surface area (Å²) in [5.41, 5.74) is 5.71. The van der Waals surface area contributed by atoms with Crippen LogP contribution in [0, 0.1) is 17.0 Å². The maximum atomic E-state index is 12.2. The summed E-state index contributed by atoms with van der Waals surface area (Å²) in [4.78, 5) is 34.2. The van der Waals surface area contributed by atoms with Crippen molar-refractivity contribution in [2.45, 2.75) is 26.4 Å². The molecule has 8 nitrogen and oxygen atoms in total. The van der Waals surface area contributed by atoms with Gasteiger partial charge in [0.2, 0.25) is 0 Å². The molecule has 8 heteroatoms. The number of nitrogens with one attached hydrogen (secondary N) is 2. The number of benzene rings is 2. The number of aryl methyl sites for hydroxylation is 1. The standard InChI is InChI=1S/C18H19N3O5/c1-3-16(26-15-10-4-12(2)5-11-15)18(23)20-19-17(22)13-6-8-14(9-7-13)21(24)25/h4-11,16H,3H2,1-2H3,(H,19,22)(H,20,23). The van der Waals surface area contributed by atoms with Crippen LogP contribution in [0.4, 0.5) is 5.69 Å². The molecule has 2 rings (SSSR count). The molecule has 0 saturated carbocycles. The van der Waals surface area contributed by atoms with E-state index in [1.54, 1.807) is 19.1 Å². The first-order valence-electron chi connectivity index (χ1n) is 7.98. The first kappa shape index (κ1) is 18.9.